The predicted octanol–water partition coefficient (Wildman–Crippen LogP) is 4.59. The van der Waals surface area contributed by atoms with Gasteiger partial charge in [0.15, 0.2) is 5.78 Å². The molecule has 0 fully saturated rings. The molecule has 16 heavy (non-hydrogen) atoms. The lowest BCUT2D eigenvalue weighted by Gasteiger charge is -2.00. The van der Waals surface area contributed by atoms with Gasteiger partial charge in [0, 0.05) is 5.56 Å². The van der Waals surface area contributed by atoms with Gasteiger partial charge in [0.1, 0.15) is 4.34 Å². The summed E-state index contributed by atoms with van der Waals surface area (Å²) in [6.07, 6.45) is 0. The van der Waals surface area contributed by atoms with Gasteiger partial charge in [0.2, 0.25) is 0 Å². The number of carbonyl (C=O) groups is 1. The van der Waals surface area contributed by atoms with Crippen LogP contribution >= 0.6 is 34.5 Å². The summed E-state index contributed by atoms with van der Waals surface area (Å²) in [6.45, 7) is 1.94. The minimum absolute atomic E-state index is 0.0862. The van der Waals surface area contributed by atoms with Gasteiger partial charge in [-0.2, -0.15) is 0 Å². The van der Waals surface area contributed by atoms with Crippen molar-refractivity contribution in [1.82, 2.24) is 0 Å². The summed E-state index contributed by atoms with van der Waals surface area (Å²) in [4.78, 5) is 12.1. The number of thiophene rings is 1. The Morgan fingerprint density at radius 2 is 2.00 bits per heavy atom. The Morgan fingerprint density at radius 3 is 2.56 bits per heavy atom. The molecule has 82 valence electrons. The molecule has 0 bridgehead atoms. The quantitative estimate of drug-likeness (QED) is 0.730. The van der Waals surface area contributed by atoms with Crippen molar-refractivity contribution < 1.29 is 4.79 Å². The van der Waals surface area contributed by atoms with E-state index in [9.17, 15) is 4.79 Å². The molecule has 0 aliphatic rings. The summed E-state index contributed by atoms with van der Waals surface area (Å²) in [7, 11) is 0. The molecular formula is C12H8Cl2OS. The van der Waals surface area contributed by atoms with Crippen molar-refractivity contribution in [2.24, 2.45) is 0 Å². The number of ketones is 1. The van der Waals surface area contributed by atoms with E-state index in [0.29, 0.717) is 19.8 Å². The van der Waals surface area contributed by atoms with Gasteiger partial charge >= 0.3 is 0 Å². The van der Waals surface area contributed by atoms with Gasteiger partial charge in [-0.05, 0) is 19.1 Å². The van der Waals surface area contributed by atoms with Crippen LogP contribution in [0.2, 0.25) is 8.67 Å². The molecule has 0 aliphatic heterocycles. The van der Waals surface area contributed by atoms with Crippen molar-refractivity contribution in [3.63, 3.8) is 0 Å². The van der Waals surface area contributed by atoms with Gasteiger partial charge in [-0.15, -0.1) is 11.3 Å². The Balaban J connectivity index is 2.43. The van der Waals surface area contributed by atoms with E-state index < -0.39 is 0 Å². The highest BCUT2D eigenvalue weighted by molar-refractivity contribution is 7.20. The van der Waals surface area contributed by atoms with Gasteiger partial charge in [-0.1, -0.05) is 47.0 Å². The Bertz CT molecular complexity index is 546. The van der Waals surface area contributed by atoms with Gasteiger partial charge in [0.25, 0.3) is 0 Å². The number of benzene rings is 1. The summed E-state index contributed by atoms with van der Waals surface area (Å²) in [5.41, 5.74) is 2.15. The molecule has 0 aliphatic carbocycles. The fourth-order valence-electron chi connectivity index (χ4n) is 1.44. The standard InChI is InChI=1S/C12H8Cl2OS/c1-7-3-2-4-8(5-7)11(15)9-6-10(13)16-12(9)14/h2-6H,1H3. The van der Waals surface area contributed by atoms with E-state index >= 15 is 0 Å². The van der Waals surface area contributed by atoms with Crippen molar-refractivity contribution >= 4 is 40.3 Å². The zero-order chi connectivity index (χ0) is 11.7. The van der Waals surface area contributed by atoms with E-state index in [-0.39, 0.29) is 5.78 Å². The van der Waals surface area contributed by atoms with E-state index in [1.165, 1.54) is 11.3 Å². The third-order valence-corrected chi connectivity index (χ3v) is 3.67. The molecule has 0 saturated carbocycles. The fourth-order valence-corrected chi connectivity index (χ4v) is 2.90. The van der Waals surface area contributed by atoms with Crippen LogP contribution in [0.4, 0.5) is 0 Å². The Labute approximate surface area is 108 Å². The van der Waals surface area contributed by atoms with Crippen LogP contribution in [0.25, 0.3) is 0 Å². The first-order valence-electron chi connectivity index (χ1n) is 4.64. The second kappa shape index (κ2) is 4.58. The maximum absolute atomic E-state index is 12.1. The van der Waals surface area contributed by atoms with Crippen LogP contribution in [-0.2, 0) is 0 Å². The van der Waals surface area contributed by atoms with Crippen molar-refractivity contribution in [2.45, 2.75) is 6.92 Å². The monoisotopic (exact) mass is 270 g/mol. The van der Waals surface area contributed by atoms with E-state index in [0.717, 1.165) is 5.56 Å². The second-order valence-corrected chi connectivity index (χ2v) is 5.72. The Hall–Kier alpha value is -0.830. The Morgan fingerprint density at radius 1 is 1.25 bits per heavy atom. The molecule has 0 atom stereocenters. The summed E-state index contributed by atoms with van der Waals surface area (Å²) < 4.78 is 0.970. The van der Waals surface area contributed by atoms with Gasteiger partial charge < -0.3 is 0 Å². The zero-order valence-electron chi connectivity index (χ0n) is 8.46. The van der Waals surface area contributed by atoms with E-state index in [2.05, 4.69) is 0 Å². The predicted molar refractivity (Wildman–Crippen MR) is 69.0 cm³/mol. The molecule has 1 aromatic heterocycles. The summed E-state index contributed by atoms with van der Waals surface area (Å²) in [5, 5.41) is 0. The lowest BCUT2D eigenvalue weighted by atomic mass is 10.0. The highest BCUT2D eigenvalue weighted by atomic mass is 35.5. The molecule has 1 nitrogen and oxygen atoms in total. The molecule has 1 aromatic carbocycles. The average Bonchev–Trinajstić information content (AvgIpc) is 2.57. The van der Waals surface area contributed by atoms with Crippen molar-refractivity contribution in [3.05, 3.63) is 55.7 Å². The number of hydrogen-bond acceptors (Lipinski definition) is 2. The minimum Gasteiger partial charge on any atom is -0.289 e. The molecule has 0 radical (unpaired) electrons. The molecule has 0 spiro atoms. The highest BCUT2D eigenvalue weighted by Crippen LogP contribution is 2.32. The second-order valence-electron chi connectivity index (χ2n) is 3.44. The van der Waals surface area contributed by atoms with Crippen LogP contribution in [0.3, 0.4) is 0 Å². The number of carbonyl (C=O) groups excluding carboxylic acids is 1. The third kappa shape index (κ3) is 2.29. The van der Waals surface area contributed by atoms with Crippen LogP contribution in [0.5, 0.6) is 0 Å². The summed E-state index contributed by atoms with van der Waals surface area (Å²) in [5.74, 6) is -0.0862. The number of rotatable bonds is 2. The number of aryl methyl sites for hydroxylation is 1. The maximum Gasteiger partial charge on any atom is 0.195 e. The topological polar surface area (TPSA) is 17.1 Å². The molecular weight excluding hydrogens is 263 g/mol. The molecule has 0 amide bonds. The zero-order valence-corrected chi connectivity index (χ0v) is 10.8. The molecule has 0 N–H and O–H groups in total. The van der Waals surface area contributed by atoms with Crippen molar-refractivity contribution in [1.29, 1.82) is 0 Å². The normalized spacial score (nSPS) is 10.4. The maximum atomic E-state index is 12.1. The van der Waals surface area contributed by atoms with Crippen LogP contribution in [0, 0.1) is 6.92 Å². The molecule has 2 aromatic rings. The molecule has 0 saturated heterocycles. The van der Waals surface area contributed by atoms with Crippen molar-refractivity contribution in [2.75, 3.05) is 0 Å². The first kappa shape index (κ1) is 11.6. The average molecular weight is 271 g/mol. The smallest absolute Gasteiger partial charge is 0.195 e. The minimum atomic E-state index is -0.0862. The summed E-state index contributed by atoms with van der Waals surface area (Å²) in [6, 6.07) is 9.02. The highest BCUT2D eigenvalue weighted by Gasteiger charge is 2.15. The summed E-state index contributed by atoms with van der Waals surface area (Å²) >= 11 is 13.0. The first-order chi connectivity index (χ1) is 7.58. The third-order valence-electron chi connectivity index (χ3n) is 2.18. The van der Waals surface area contributed by atoms with Crippen LogP contribution in [0.1, 0.15) is 21.5 Å². The van der Waals surface area contributed by atoms with Gasteiger partial charge in [-0.25, -0.2) is 0 Å². The van der Waals surface area contributed by atoms with Gasteiger partial charge in [-0.3, -0.25) is 4.79 Å². The largest absolute Gasteiger partial charge is 0.289 e. The first-order valence-corrected chi connectivity index (χ1v) is 6.21. The molecule has 2 rings (SSSR count). The molecule has 1 heterocycles. The van der Waals surface area contributed by atoms with E-state index in [1.807, 2.05) is 25.1 Å². The molecule has 4 heteroatoms. The lowest BCUT2D eigenvalue weighted by Crippen LogP contribution is -2.00. The molecule has 0 unspecified atom stereocenters. The van der Waals surface area contributed by atoms with Crippen LogP contribution in [0.15, 0.2) is 30.3 Å². The fraction of sp³-hybridized carbons (Fsp3) is 0.0833. The van der Waals surface area contributed by atoms with E-state index in [4.69, 9.17) is 23.2 Å². The Kier molecular flexibility index (Phi) is 3.33. The van der Waals surface area contributed by atoms with E-state index in [1.54, 1.807) is 12.1 Å². The number of hydrogen-bond donors (Lipinski definition) is 0. The number of halogens is 2. The SMILES string of the molecule is Cc1cccc(C(=O)c2cc(Cl)sc2Cl)c1. The van der Waals surface area contributed by atoms with Crippen molar-refractivity contribution in [3.8, 4) is 0 Å². The van der Waals surface area contributed by atoms with Crippen LogP contribution in [-0.4, -0.2) is 5.78 Å². The van der Waals surface area contributed by atoms with Gasteiger partial charge in [0.05, 0.1) is 9.90 Å². The van der Waals surface area contributed by atoms with Crippen LogP contribution < -0.4 is 0 Å². The lowest BCUT2D eigenvalue weighted by molar-refractivity contribution is 0.103.